The highest BCUT2D eigenvalue weighted by Gasteiger charge is 2.32. The number of fused-ring (bicyclic) bond motifs is 1. The molecule has 1 N–H and O–H groups in total. The second kappa shape index (κ2) is 5.85. The summed E-state index contributed by atoms with van der Waals surface area (Å²) < 4.78 is 5.28. The molecule has 0 aromatic heterocycles. The van der Waals surface area contributed by atoms with Gasteiger partial charge in [-0.15, -0.1) is 0 Å². The Kier molecular flexibility index (Phi) is 3.92. The number of carbonyl (C=O) groups excluding carboxylic acids is 2. The van der Waals surface area contributed by atoms with Crippen molar-refractivity contribution in [1.29, 1.82) is 0 Å². The van der Waals surface area contributed by atoms with E-state index in [1.165, 1.54) is 0 Å². The van der Waals surface area contributed by atoms with Gasteiger partial charge in [-0.3, -0.25) is 4.79 Å². The number of piperidine rings is 1. The summed E-state index contributed by atoms with van der Waals surface area (Å²) in [6.07, 6.45) is 1.64. The van der Waals surface area contributed by atoms with Crippen molar-refractivity contribution in [2.45, 2.75) is 31.4 Å². The van der Waals surface area contributed by atoms with Gasteiger partial charge in [-0.1, -0.05) is 18.2 Å². The largest absolute Gasteiger partial charge is 0.448 e. The quantitative estimate of drug-likeness (QED) is 0.824. The molecular weight excluding hydrogens is 268 g/mol. The second-order valence-electron chi connectivity index (χ2n) is 5.84. The minimum Gasteiger partial charge on any atom is -0.448 e. The summed E-state index contributed by atoms with van der Waals surface area (Å²) in [7, 11) is 2.08. The van der Waals surface area contributed by atoms with Crippen LogP contribution in [0.3, 0.4) is 0 Å². The van der Waals surface area contributed by atoms with Gasteiger partial charge in [-0.25, -0.2) is 4.79 Å². The van der Waals surface area contributed by atoms with Crippen LogP contribution >= 0.6 is 0 Å². The van der Waals surface area contributed by atoms with Crippen molar-refractivity contribution in [3.05, 3.63) is 35.4 Å². The van der Waals surface area contributed by atoms with Crippen molar-refractivity contribution in [3.63, 3.8) is 0 Å². The van der Waals surface area contributed by atoms with Crippen LogP contribution in [-0.2, 0) is 16.0 Å². The van der Waals surface area contributed by atoms with Gasteiger partial charge in [-0.05, 0) is 44.6 Å². The first kappa shape index (κ1) is 14.1. The van der Waals surface area contributed by atoms with Gasteiger partial charge in [0.25, 0.3) is 5.91 Å². The molecule has 0 radical (unpaired) electrons. The minimum atomic E-state index is -0.702. The molecule has 3 rings (SSSR count). The number of esters is 1. The number of nitrogens with one attached hydrogen (secondary N) is 1. The van der Waals surface area contributed by atoms with Gasteiger partial charge in [0.05, 0.1) is 5.56 Å². The number of nitrogens with zero attached hydrogens (tertiary/aromatic N) is 1. The van der Waals surface area contributed by atoms with E-state index in [1.54, 1.807) is 12.1 Å². The van der Waals surface area contributed by atoms with Crippen LogP contribution in [0.2, 0.25) is 0 Å². The Labute approximate surface area is 124 Å². The average molecular weight is 288 g/mol. The zero-order valence-corrected chi connectivity index (χ0v) is 12.2. The van der Waals surface area contributed by atoms with Crippen LogP contribution in [0.5, 0.6) is 0 Å². The number of ether oxygens (including phenoxy) is 1. The smallest absolute Gasteiger partial charge is 0.339 e. The fourth-order valence-electron chi connectivity index (χ4n) is 2.92. The molecule has 0 bridgehead atoms. The van der Waals surface area contributed by atoms with Crippen LogP contribution in [0.15, 0.2) is 24.3 Å². The van der Waals surface area contributed by atoms with E-state index >= 15 is 0 Å². The molecule has 21 heavy (non-hydrogen) atoms. The third kappa shape index (κ3) is 3.08. The van der Waals surface area contributed by atoms with Crippen molar-refractivity contribution in [2.24, 2.45) is 0 Å². The molecule has 1 saturated heterocycles. The van der Waals surface area contributed by atoms with E-state index in [0.717, 1.165) is 31.5 Å². The van der Waals surface area contributed by atoms with Crippen molar-refractivity contribution in [3.8, 4) is 0 Å². The molecule has 5 nitrogen and oxygen atoms in total. The summed E-state index contributed by atoms with van der Waals surface area (Å²) >= 11 is 0. The van der Waals surface area contributed by atoms with Gasteiger partial charge >= 0.3 is 5.97 Å². The zero-order valence-electron chi connectivity index (χ0n) is 12.2. The number of hydrogen-bond acceptors (Lipinski definition) is 4. The van der Waals surface area contributed by atoms with Crippen LogP contribution in [0, 0.1) is 0 Å². The van der Waals surface area contributed by atoms with E-state index in [-0.39, 0.29) is 11.9 Å². The summed E-state index contributed by atoms with van der Waals surface area (Å²) in [5.74, 6) is -0.576. The van der Waals surface area contributed by atoms with Crippen LogP contribution in [0.25, 0.3) is 0 Å². The lowest BCUT2D eigenvalue weighted by molar-refractivity contribution is -0.131. The highest BCUT2D eigenvalue weighted by atomic mass is 16.5. The fourth-order valence-corrected chi connectivity index (χ4v) is 2.92. The molecule has 112 valence electrons. The highest BCUT2D eigenvalue weighted by Crippen LogP contribution is 2.21. The molecule has 5 heteroatoms. The zero-order chi connectivity index (χ0) is 14.8. The topological polar surface area (TPSA) is 58.6 Å². The minimum absolute atomic E-state index is 0.174. The molecule has 2 aliphatic rings. The normalized spacial score (nSPS) is 23.3. The predicted octanol–water partition coefficient (Wildman–Crippen LogP) is 0.978. The molecule has 0 aliphatic carbocycles. The molecular formula is C16H20N2O3. The number of hydrogen-bond donors (Lipinski definition) is 1. The molecule has 1 aromatic rings. The van der Waals surface area contributed by atoms with Crippen LogP contribution in [0.4, 0.5) is 0 Å². The Bertz CT molecular complexity index is 550. The first-order valence-corrected chi connectivity index (χ1v) is 7.41. The molecule has 0 saturated carbocycles. The molecule has 1 atom stereocenters. The Morgan fingerprint density at radius 2 is 2.00 bits per heavy atom. The third-order valence-corrected chi connectivity index (χ3v) is 4.25. The van der Waals surface area contributed by atoms with Gasteiger partial charge in [0.15, 0.2) is 6.10 Å². The number of carbonyl (C=O) groups is 2. The summed E-state index contributed by atoms with van der Waals surface area (Å²) in [6, 6.07) is 7.49. The number of benzene rings is 1. The maximum atomic E-state index is 12.3. The van der Waals surface area contributed by atoms with E-state index in [2.05, 4.69) is 17.3 Å². The fraction of sp³-hybridized carbons (Fsp3) is 0.500. The Morgan fingerprint density at radius 1 is 1.29 bits per heavy atom. The molecule has 1 unspecified atom stereocenters. The lowest BCUT2D eigenvalue weighted by atomic mass is 9.97. The summed E-state index contributed by atoms with van der Waals surface area (Å²) in [5, 5.41) is 3.02. The van der Waals surface area contributed by atoms with Crippen molar-refractivity contribution in [2.75, 3.05) is 20.1 Å². The van der Waals surface area contributed by atoms with Crippen molar-refractivity contribution >= 4 is 11.9 Å². The molecule has 2 aliphatic heterocycles. The van der Waals surface area contributed by atoms with Gasteiger partial charge in [0, 0.05) is 12.5 Å². The van der Waals surface area contributed by atoms with Gasteiger partial charge in [0.1, 0.15) is 0 Å². The lowest BCUT2D eigenvalue weighted by Gasteiger charge is -2.31. The van der Waals surface area contributed by atoms with E-state index in [0.29, 0.717) is 12.0 Å². The first-order chi connectivity index (χ1) is 10.1. The van der Waals surface area contributed by atoms with E-state index < -0.39 is 12.1 Å². The Hall–Kier alpha value is -1.88. The molecule has 0 spiro atoms. The predicted molar refractivity (Wildman–Crippen MR) is 78.0 cm³/mol. The van der Waals surface area contributed by atoms with Crippen molar-refractivity contribution < 1.29 is 14.3 Å². The Balaban J connectivity index is 1.63. The van der Waals surface area contributed by atoms with E-state index in [9.17, 15) is 9.59 Å². The van der Waals surface area contributed by atoms with E-state index in [1.807, 2.05) is 12.1 Å². The maximum Gasteiger partial charge on any atom is 0.339 e. The number of amides is 1. The average Bonchev–Trinajstić information content (AvgIpc) is 2.49. The third-order valence-electron chi connectivity index (χ3n) is 4.25. The standard InChI is InChI=1S/C16H20N2O3/c1-18-8-6-12(7-9-18)17-15(19)14-10-11-4-2-3-5-13(11)16(20)21-14/h2-5,12,14H,6-10H2,1H3,(H,17,19). The number of cyclic esters (lactones) is 1. The SMILES string of the molecule is CN1CCC(NC(=O)C2Cc3ccccc3C(=O)O2)CC1. The van der Waals surface area contributed by atoms with E-state index in [4.69, 9.17) is 4.74 Å². The molecule has 1 amide bonds. The Morgan fingerprint density at radius 3 is 2.76 bits per heavy atom. The lowest BCUT2D eigenvalue weighted by Crippen LogP contribution is -2.49. The van der Waals surface area contributed by atoms with Crippen molar-refractivity contribution in [1.82, 2.24) is 10.2 Å². The summed E-state index contributed by atoms with van der Waals surface area (Å²) in [5.41, 5.74) is 1.46. The summed E-state index contributed by atoms with van der Waals surface area (Å²) in [4.78, 5) is 26.5. The number of likely N-dealkylation sites (tertiary alicyclic amines) is 1. The number of rotatable bonds is 2. The van der Waals surface area contributed by atoms with Crippen LogP contribution in [0.1, 0.15) is 28.8 Å². The van der Waals surface area contributed by atoms with Gasteiger partial charge in [-0.2, -0.15) is 0 Å². The first-order valence-electron chi connectivity index (χ1n) is 7.41. The summed E-state index contributed by atoms with van der Waals surface area (Å²) in [6.45, 7) is 1.97. The monoisotopic (exact) mass is 288 g/mol. The molecule has 2 heterocycles. The van der Waals surface area contributed by atoms with Gasteiger partial charge in [0.2, 0.25) is 0 Å². The maximum absolute atomic E-state index is 12.3. The highest BCUT2D eigenvalue weighted by molar-refractivity contribution is 5.95. The van der Waals surface area contributed by atoms with Gasteiger partial charge < -0.3 is 15.0 Å². The second-order valence-corrected chi connectivity index (χ2v) is 5.84. The van der Waals surface area contributed by atoms with Crippen LogP contribution < -0.4 is 5.32 Å². The molecule has 1 aromatic carbocycles. The molecule has 1 fully saturated rings. The van der Waals surface area contributed by atoms with Crippen LogP contribution in [-0.4, -0.2) is 49.1 Å².